The van der Waals surface area contributed by atoms with Crippen molar-refractivity contribution in [3.63, 3.8) is 0 Å². The van der Waals surface area contributed by atoms with Gasteiger partial charge < -0.3 is 4.74 Å². The van der Waals surface area contributed by atoms with Crippen molar-refractivity contribution in [2.24, 2.45) is 5.92 Å². The quantitative estimate of drug-likeness (QED) is 0.676. The lowest BCUT2D eigenvalue weighted by atomic mass is 9.92. The van der Waals surface area contributed by atoms with E-state index < -0.39 is 0 Å². The van der Waals surface area contributed by atoms with Crippen molar-refractivity contribution < 1.29 is 9.53 Å². The minimum absolute atomic E-state index is 0.0950. The van der Waals surface area contributed by atoms with Crippen molar-refractivity contribution in [2.75, 3.05) is 0 Å². The van der Waals surface area contributed by atoms with Gasteiger partial charge in [0.15, 0.2) is 5.78 Å². The Morgan fingerprint density at radius 3 is 2.64 bits per heavy atom. The first-order chi connectivity index (χ1) is 6.79. The van der Waals surface area contributed by atoms with E-state index in [0.717, 1.165) is 5.56 Å². The van der Waals surface area contributed by atoms with Gasteiger partial charge in [-0.25, -0.2) is 0 Å². The van der Waals surface area contributed by atoms with Crippen molar-refractivity contribution in [3.8, 4) is 0 Å². The molecule has 2 heteroatoms. The van der Waals surface area contributed by atoms with Gasteiger partial charge in [0.25, 0.3) is 0 Å². The lowest BCUT2D eigenvalue weighted by molar-refractivity contribution is -0.123. The zero-order valence-electron chi connectivity index (χ0n) is 8.01. The molecule has 72 valence electrons. The Morgan fingerprint density at radius 1 is 1.21 bits per heavy atom. The molecule has 0 aliphatic carbocycles. The van der Waals surface area contributed by atoms with Crippen molar-refractivity contribution in [1.29, 1.82) is 0 Å². The summed E-state index contributed by atoms with van der Waals surface area (Å²) in [5.74, 6) is 0.0347. The third-order valence-corrected chi connectivity index (χ3v) is 2.49. The van der Waals surface area contributed by atoms with Crippen LogP contribution in [0.15, 0.2) is 42.7 Å². The Balaban J connectivity index is 2.28. The summed E-state index contributed by atoms with van der Waals surface area (Å²) in [5, 5.41) is 0. The predicted molar refractivity (Wildman–Crippen MR) is 53.6 cm³/mol. The van der Waals surface area contributed by atoms with E-state index in [2.05, 4.69) is 0 Å². The fraction of sp³-hybridized carbons (Fsp3) is 0.250. The number of ether oxygens (including phenoxy) is 1. The fourth-order valence-electron chi connectivity index (χ4n) is 1.62. The minimum Gasteiger partial charge on any atom is -0.492 e. The minimum atomic E-state index is -0.131. The van der Waals surface area contributed by atoms with Crippen LogP contribution in [0.2, 0.25) is 0 Å². The lowest BCUT2D eigenvalue weighted by Crippen LogP contribution is -2.22. The van der Waals surface area contributed by atoms with E-state index in [0.29, 0.717) is 0 Å². The van der Waals surface area contributed by atoms with Gasteiger partial charge in [0.05, 0.1) is 12.2 Å². The van der Waals surface area contributed by atoms with E-state index >= 15 is 0 Å². The summed E-state index contributed by atoms with van der Waals surface area (Å²) in [7, 11) is 0. The molecule has 2 rings (SSSR count). The van der Waals surface area contributed by atoms with Gasteiger partial charge in [-0.05, 0) is 5.56 Å². The van der Waals surface area contributed by atoms with Crippen molar-refractivity contribution in [2.45, 2.75) is 13.0 Å². The number of benzene rings is 1. The Bertz CT molecular complexity index is 354. The van der Waals surface area contributed by atoms with Gasteiger partial charge in [-0.3, -0.25) is 4.79 Å². The monoisotopic (exact) mass is 188 g/mol. The molecule has 0 saturated carbocycles. The molecule has 1 heterocycles. The molecule has 0 saturated heterocycles. The SMILES string of the molecule is C[C@@H]1C(=O)C=CO[C@@H]1c1ccccc1. The molecule has 14 heavy (non-hydrogen) atoms. The molecule has 0 N–H and O–H groups in total. The molecule has 1 aromatic carbocycles. The van der Waals surface area contributed by atoms with Crippen LogP contribution in [0.4, 0.5) is 0 Å². The van der Waals surface area contributed by atoms with E-state index in [1.165, 1.54) is 12.3 Å². The molecule has 0 fully saturated rings. The highest BCUT2D eigenvalue weighted by atomic mass is 16.5. The fourth-order valence-corrected chi connectivity index (χ4v) is 1.62. The Hall–Kier alpha value is -1.57. The highest BCUT2D eigenvalue weighted by Crippen LogP contribution is 2.29. The van der Waals surface area contributed by atoms with Gasteiger partial charge in [-0.2, -0.15) is 0 Å². The second-order valence-electron chi connectivity index (χ2n) is 3.46. The van der Waals surface area contributed by atoms with Crippen molar-refractivity contribution in [1.82, 2.24) is 0 Å². The van der Waals surface area contributed by atoms with E-state index in [1.807, 2.05) is 37.3 Å². The highest BCUT2D eigenvalue weighted by Gasteiger charge is 2.27. The second kappa shape index (κ2) is 3.66. The van der Waals surface area contributed by atoms with Gasteiger partial charge in [-0.15, -0.1) is 0 Å². The molecule has 0 amide bonds. The molecule has 2 nitrogen and oxygen atoms in total. The smallest absolute Gasteiger partial charge is 0.165 e. The van der Waals surface area contributed by atoms with Crippen LogP contribution in [0.3, 0.4) is 0 Å². The van der Waals surface area contributed by atoms with Gasteiger partial charge in [-0.1, -0.05) is 37.3 Å². The normalized spacial score (nSPS) is 25.9. The first kappa shape index (κ1) is 9.00. The number of rotatable bonds is 1. The van der Waals surface area contributed by atoms with Gasteiger partial charge in [0, 0.05) is 6.08 Å². The Labute approximate surface area is 83.2 Å². The maximum absolute atomic E-state index is 11.4. The summed E-state index contributed by atoms with van der Waals surface area (Å²) in [4.78, 5) is 11.4. The molecule has 1 aromatic rings. The van der Waals surface area contributed by atoms with Crippen LogP contribution in [0.1, 0.15) is 18.6 Å². The number of ketones is 1. The Kier molecular flexibility index (Phi) is 2.35. The van der Waals surface area contributed by atoms with E-state index in [1.54, 1.807) is 0 Å². The molecular weight excluding hydrogens is 176 g/mol. The highest BCUT2D eigenvalue weighted by molar-refractivity contribution is 5.92. The summed E-state index contributed by atoms with van der Waals surface area (Å²) in [5.41, 5.74) is 1.05. The Morgan fingerprint density at radius 2 is 1.93 bits per heavy atom. The first-order valence-corrected chi connectivity index (χ1v) is 4.70. The number of carbonyl (C=O) groups is 1. The van der Waals surface area contributed by atoms with Gasteiger partial charge >= 0.3 is 0 Å². The summed E-state index contributed by atoms with van der Waals surface area (Å²) in [6.45, 7) is 1.89. The number of hydrogen-bond donors (Lipinski definition) is 0. The van der Waals surface area contributed by atoms with E-state index in [4.69, 9.17) is 4.74 Å². The maximum atomic E-state index is 11.4. The molecule has 2 atom stereocenters. The summed E-state index contributed by atoms with van der Waals surface area (Å²) < 4.78 is 5.45. The average Bonchev–Trinajstić information content (AvgIpc) is 2.23. The van der Waals surface area contributed by atoms with Gasteiger partial charge in [0.2, 0.25) is 0 Å². The maximum Gasteiger partial charge on any atom is 0.165 e. The number of carbonyl (C=O) groups excluding carboxylic acids is 1. The molecule has 1 aliphatic heterocycles. The standard InChI is InChI=1S/C12H12O2/c1-9-11(13)7-8-14-12(9)10-5-3-2-4-6-10/h2-9,12H,1H3/t9-,12+/m1/s1. The van der Waals surface area contributed by atoms with Crippen LogP contribution >= 0.6 is 0 Å². The molecule has 0 radical (unpaired) electrons. The topological polar surface area (TPSA) is 26.3 Å². The zero-order valence-corrected chi connectivity index (χ0v) is 8.01. The predicted octanol–water partition coefficient (Wildman–Crippen LogP) is 2.48. The van der Waals surface area contributed by atoms with Crippen LogP contribution < -0.4 is 0 Å². The van der Waals surface area contributed by atoms with Crippen LogP contribution in [0.25, 0.3) is 0 Å². The van der Waals surface area contributed by atoms with Crippen LogP contribution in [-0.2, 0) is 9.53 Å². The third-order valence-electron chi connectivity index (χ3n) is 2.49. The lowest BCUT2D eigenvalue weighted by Gasteiger charge is -2.25. The van der Waals surface area contributed by atoms with E-state index in [-0.39, 0.29) is 17.8 Å². The second-order valence-corrected chi connectivity index (χ2v) is 3.46. The number of allylic oxidation sites excluding steroid dienone is 1. The average molecular weight is 188 g/mol. The van der Waals surface area contributed by atoms with Crippen LogP contribution in [0, 0.1) is 5.92 Å². The number of hydrogen-bond acceptors (Lipinski definition) is 2. The molecule has 0 spiro atoms. The summed E-state index contributed by atoms with van der Waals surface area (Å²) >= 11 is 0. The molecule has 0 aromatic heterocycles. The van der Waals surface area contributed by atoms with Gasteiger partial charge in [0.1, 0.15) is 6.10 Å². The molecule has 1 aliphatic rings. The molecule has 0 bridgehead atoms. The van der Waals surface area contributed by atoms with E-state index in [9.17, 15) is 4.79 Å². The van der Waals surface area contributed by atoms with Crippen LogP contribution in [0.5, 0.6) is 0 Å². The molecule has 0 unspecified atom stereocenters. The molecular formula is C12H12O2. The van der Waals surface area contributed by atoms with Crippen molar-refractivity contribution >= 4 is 5.78 Å². The summed E-state index contributed by atoms with van der Waals surface area (Å²) in [6, 6.07) is 9.82. The summed E-state index contributed by atoms with van der Waals surface area (Å²) in [6.07, 6.45) is 2.85. The first-order valence-electron chi connectivity index (χ1n) is 4.70. The third kappa shape index (κ3) is 1.55. The largest absolute Gasteiger partial charge is 0.492 e. The van der Waals surface area contributed by atoms with Crippen molar-refractivity contribution in [3.05, 3.63) is 48.2 Å². The van der Waals surface area contributed by atoms with Crippen LogP contribution in [-0.4, -0.2) is 5.78 Å². The zero-order chi connectivity index (χ0) is 9.97.